The number of thioether (sulfide) groups is 1. The first-order valence-corrected chi connectivity index (χ1v) is 9.19. The fraction of sp³-hybridized carbons (Fsp3) is 0.867. The highest BCUT2D eigenvalue weighted by molar-refractivity contribution is 7.99. The molecule has 0 aliphatic carbocycles. The summed E-state index contributed by atoms with van der Waals surface area (Å²) in [6, 6.07) is 1.03. The number of nitrogens with one attached hydrogen (secondary N) is 1. The fourth-order valence-electron chi connectivity index (χ4n) is 3.33. The molecule has 5 nitrogen and oxygen atoms in total. The van der Waals surface area contributed by atoms with Crippen LogP contribution in [0.25, 0.3) is 0 Å². The Morgan fingerprint density at radius 2 is 2.14 bits per heavy atom. The molecule has 0 aromatic carbocycles. The van der Waals surface area contributed by atoms with Gasteiger partial charge in [-0.05, 0) is 50.6 Å². The van der Waals surface area contributed by atoms with Gasteiger partial charge in [0, 0.05) is 6.04 Å². The van der Waals surface area contributed by atoms with Crippen molar-refractivity contribution in [2.24, 2.45) is 0 Å². The minimum absolute atomic E-state index is 0.346. The molecule has 2 aliphatic heterocycles. The lowest BCUT2D eigenvalue weighted by Crippen LogP contribution is -2.42. The molecule has 1 aromatic heterocycles. The highest BCUT2D eigenvalue weighted by Gasteiger charge is 2.35. The molecule has 2 fully saturated rings. The number of nitrogens with zero attached hydrogens (tertiary/aromatic N) is 3. The van der Waals surface area contributed by atoms with E-state index in [9.17, 15) is 0 Å². The molecule has 3 rings (SSSR count). The second-order valence-corrected chi connectivity index (χ2v) is 7.85. The summed E-state index contributed by atoms with van der Waals surface area (Å²) in [5, 5.41) is 8.21. The minimum Gasteiger partial charge on any atom is -0.338 e. The molecule has 1 N–H and O–H groups in total. The lowest BCUT2D eigenvalue weighted by atomic mass is 10.0. The largest absolute Gasteiger partial charge is 0.338 e. The Labute approximate surface area is 131 Å². The molecular formula is C15H26N4OS. The van der Waals surface area contributed by atoms with Crippen molar-refractivity contribution in [2.45, 2.75) is 62.6 Å². The number of hydrogen-bond donors (Lipinski definition) is 1. The van der Waals surface area contributed by atoms with Gasteiger partial charge in [0.15, 0.2) is 5.82 Å². The average molecular weight is 310 g/mol. The fourth-order valence-corrected chi connectivity index (χ4v) is 3.93. The second-order valence-electron chi connectivity index (χ2n) is 6.29. The van der Waals surface area contributed by atoms with Gasteiger partial charge >= 0.3 is 0 Å². The van der Waals surface area contributed by atoms with E-state index in [1.807, 2.05) is 11.8 Å². The molecule has 0 amide bonds. The number of hydrogen-bond acceptors (Lipinski definition) is 6. The third-order valence-corrected chi connectivity index (χ3v) is 5.48. The van der Waals surface area contributed by atoms with Crippen LogP contribution in [0, 0.1) is 0 Å². The van der Waals surface area contributed by atoms with E-state index in [1.165, 1.54) is 25.8 Å². The molecular weight excluding hydrogens is 284 g/mol. The predicted molar refractivity (Wildman–Crippen MR) is 85.3 cm³/mol. The average Bonchev–Trinajstić information content (AvgIpc) is 3.14. The number of piperidine rings is 1. The molecule has 0 saturated carbocycles. The Balaban J connectivity index is 1.64. The van der Waals surface area contributed by atoms with Crippen LogP contribution >= 0.6 is 11.8 Å². The zero-order valence-electron chi connectivity index (χ0n) is 13.0. The molecule has 0 radical (unpaired) electrons. The zero-order chi connectivity index (χ0) is 14.7. The molecule has 6 heteroatoms. The van der Waals surface area contributed by atoms with Crippen molar-refractivity contribution >= 4 is 11.8 Å². The molecule has 1 unspecified atom stereocenters. The third-order valence-electron chi connectivity index (χ3n) is 4.39. The van der Waals surface area contributed by atoms with Gasteiger partial charge in [-0.2, -0.15) is 16.7 Å². The van der Waals surface area contributed by atoms with Gasteiger partial charge < -0.3 is 9.84 Å². The van der Waals surface area contributed by atoms with Gasteiger partial charge in [0.1, 0.15) is 0 Å². The van der Waals surface area contributed by atoms with Gasteiger partial charge in [0.25, 0.3) is 0 Å². The summed E-state index contributed by atoms with van der Waals surface area (Å²) in [7, 11) is 0. The maximum atomic E-state index is 5.57. The molecule has 2 aliphatic rings. The van der Waals surface area contributed by atoms with Crippen molar-refractivity contribution in [1.29, 1.82) is 0 Å². The first-order valence-electron chi connectivity index (χ1n) is 8.14. The first-order chi connectivity index (χ1) is 10.2. The summed E-state index contributed by atoms with van der Waals surface area (Å²) in [5.74, 6) is 2.53. The van der Waals surface area contributed by atoms with E-state index < -0.39 is 0 Å². The molecule has 2 saturated heterocycles. The van der Waals surface area contributed by atoms with Gasteiger partial charge in [0.05, 0.1) is 11.8 Å². The summed E-state index contributed by atoms with van der Waals surface area (Å²) in [6.45, 7) is 7.83. The smallest absolute Gasteiger partial charge is 0.244 e. The van der Waals surface area contributed by atoms with E-state index >= 15 is 0 Å². The van der Waals surface area contributed by atoms with Crippen LogP contribution in [-0.2, 0) is 5.75 Å². The van der Waals surface area contributed by atoms with Crippen LogP contribution in [0.5, 0.6) is 0 Å². The van der Waals surface area contributed by atoms with E-state index in [-0.39, 0.29) is 0 Å². The van der Waals surface area contributed by atoms with Crippen LogP contribution in [0.1, 0.15) is 57.3 Å². The quantitative estimate of drug-likeness (QED) is 0.902. The molecule has 1 aromatic rings. The van der Waals surface area contributed by atoms with Gasteiger partial charge in [-0.25, -0.2) is 0 Å². The van der Waals surface area contributed by atoms with E-state index in [4.69, 9.17) is 4.52 Å². The van der Waals surface area contributed by atoms with Crippen LogP contribution in [0.2, 0.25) is 0 Å². The van der Waals surface area contributed by atoms with Gasteiger partial charge in [-0.1, -0.05) is 19.0 Å². The third kappa shape index (κ3) is 3.79. The van der Waals surface area contributed by atoms with Crippen molar-refractivity contribution in [1.82, 2.24) is 20.4 Å². The van der Waals surface area contributed by atoms with E-state index in [0.717, 1.165) is 37.0 Å². The van der Waals surface area contributed by atoms with Gasteiger partial charge in [-0.15, -0.1) is 0 Å². The Bertz CT molecular complexity index is 445. The Kier molecular flexibility index (Phi) is 5.19. The predicted octanol–water partition coefficient (Wildman–Crippen LogP) is 2.60. The van der Waals surface area contributed by atoms with Gasteiger partial charge in [0.2, 0.25) is 5.89 Å². The molecule has 21 heavy (non-hydrogen) atoms. The van der Waals surface area contributed by atoms with Crippen LogP contribution in [0.3, 0.4) is 0 Å². The van der Waals surface area contributed by atoms with Crippen molar-refractivity contribution in [2.75, 3.05) is 19.6 Å². The van der Waals surface area contributed by atoms with Crippen molar-refractivity contribution in [3.8, 4) is 0 Å². The lowest BCUT2D eigenvalue weighted by molar-refractivity contribution is 0.126. The normalized spacial score (nSPS) is 25.0. The van der Waals surface area contributed by atoms with Crippen LogP contribution in [-0.4, -0.2) is 46.0 Å². The summed E-state index contributed by atoms with van der Waals surface area (Å²) in [5.41, 5.74) is 0. The summed E-state index contributed by atoms with van der Waals surface area (Å²) < 4.78 is 5.57. The maximum absolute atomic E-state index is 5.57. The summed E-state index contributed by atoms with van der Waals surface area (Å²) in [4.78, 5) is 7.26. The topological polar surface area (TPSA) is 54.2 Å². The van der Waals surface area contributed by atoms with Crippen molar-refractivity contribution in [3.05, 3.63) is 11.7 Å². The second kappa shape index (κ2) is 7.11. The zero-order valence-corrected chi connectivity index (χ0v) is 13.9. The molecule has 0 spiro atoms. The SMILES string of the molecule is CC(C)SCc1noc(C2CCCN2C2CCNCC2)n1. The Morgan fingerprint density at radius 1 is 1.33 bits per heavy atom. The van der Waals surface area contributed by atoms with Gasteiger partial charge in [-0.3, -0.25) is 4.90 Å². The van der Waals surface area contributed by atoms with E-state index in [1.54, 1.807) is 0 Å². The molecule has 0 bridgehead atoms. The monoisotopic (exact) mass is 310 g/mol. The van der Waals surface area contributed by atoms with Crippen molar-refractivity contribution < 1.29 is 4.52 Å². The summed E-state index contributed by atoms with van der Waals surface area (Å²) in [6.07, 6.45) is 4.87. The van der Waals surface area contributed by atoms with Crippen LogP contribution < -0.4 is 5.32 Å². The van der Waals surface area contributed by atoms with E-state index in [2.05, 4.69) is 34.2 Å². The Hall–Kier alpha value is -0.590. The Morgan fingerprint density at radius 3 is 2.90 bits per heavy atom. The molecule has 3 heterocycles. The lowest BCUT2D eigenvalue weighted by Gasteiger charge is -2.34. The van der Waals surface area contributed by atoms with E-state index in [0.29, 0.717) is 17.3 Å². The molecule has 1 atom stereocenters. The highest BCUT2D eigenvalue weighted by Crippen LogP contribution is 2.35. The minimum atomic E-state index is 0.346. The van der Waals surface area contributed by atoms with Crippen molar-refractivity contribution in [3.63, 3.8) is 0 Å². The maximum Gasteiger partial charge on any atom is 0.244 e. The first kappa shape index (κ1) is 15.3. The number of aromatic nitrogens is 2. The standard InChI is InChI=1S/C15H26N4OS/c1-11(2)21-10-14-17-15(20-18-14)13-4-3-9-19(13)12-5-7-16-8-6-12/h11-13,16H,3-10H2,1-2H3. The van der Waals surface area contributed by atoms with Crippen LogP contribution in [0.15, 0.2) is 4.52 Å². The van der Waals surface area contributed by atoms with Crippen LogP contribution in [0.4, 0.5) is 0 Å². The summed E-state index contributed by atoms with van der Waals surface area (Å²) >= 11 is 1.86. The molecule has 118 valence electrons. The number of likely N-dealkylation sites (tertiary alicyclic amines) is 1. The number of rotatable bonds is 5. The highest BCUT2D eigenvalue weighted by atomic mass is 32.2.